The van der Waals surface area contributed by atoms with Crippen molar-refractivity contribution in [2.45, 2.75) is 0 Å². The van der Waals surface area contributed by atoms with E-state index in [0.717, 1.165) is 28.3 Å². The van der Waals surface area contributed by atoms with Crippen molar-refractivity contribution in [3.8, 4) is 50.2 Å². The van der Waals surface area contributed by atoms with E-state index >= 15 is 0 Å². The van der Waals surface area contributed by atoms with Crippen LogP contribution in [0.1, 0.15) is 0 Å². The molecular formula is C58H40N2. The molecule has 0 saturated carbocycles. The Bertz CT molecular complexity index is 3240. The molecule has 0 unspecified atom stereocenters. The number of aromatic nitrogens is 1. The van der Waals surface area contributed by atoms with E-state index in [9.17, 15) is 0 Å². The summed E-state index contributed by atoms with van der Waals surface area (Å²) in [5.74, 6) is 0. The lowest BCUT2D eigenvalue weighted by Crippen LogP contribution is -2.10. The van der Waals surface area contributed by atoms with Gasteiger partial charge in [-0.05, 0) is 104 Å². The van der Waals surface area contributed by atoms with E-state index in [1.54, 1.807) is 0 Å². The number of anilines is 3. The number of para-hydroxylation sites is 3. The lowest BCUT2D eigenvalue weighted by molar-refractivity contribution is 1.18. The number of hydrogen-bond donors (Lipinski definition) is 0. The molecule has 1 heterocycles. The van der Waals surface area contributed by atoms with E-state index in [2.05, 4.69) is 252 Å². The highest BCUT2D eigenvalue weighted by atomic mass is 15.1. The predicted molar refractivity (Wildman–Crippen MR) is 255 cm³/mol. The number of nitrogens with zero attached hydrogens (tertiary/aromatic N) is 2. The number of fused-ring (bicyclic) bond motifs is 4. The van der Waals surface area contributed by atoms with E-state index in [1.165, 1.54) is 71.5 Å². The normalized spacial score (nSPS) is 11.3. The van der Waals surface area contributed by atoms with Crippen molar-refractivity contribution in [1.29, 1.82) is 0 Å². The Morgan fingerprint density at radius 3 is 1.30 bits per heavy atom. The van der Waals surface area contributed by atoms with Crippen LogP contribution in [0.25, 0.3) is 82.8 Å². The molecule has 11 aromatic rings. The van der Waals surface area contributed by atoms with Gasteiger partial charge in [-0.15, -0.1) is 0 Å². The Balaban J connectivity index is 1.03. The fraction of sp³-hybridized carbons (Fsp3) is 0. The minimum atomic E-state index is 1.09. The molecule has 60 heavy (non-hydrogen) atoms. The second-order valence-electron chi connectivity index (χ2n) is 15.3. The first-order chi connectivity index (χ1) is 29.8. The lowest BCUT2D eigenvalue weighted by Gasteiger charge is -2.27. The van der Waals surface area contributed by atoms with Gasteiger partial charge in [0.05, 0.1) is 16.7 Å². The maximum absolute atomic E-state index is 2.41. The maximum atomic E-state index is 2.41. The van der Waals surface area contributed by atoms with Gasteiger partial charge in [-0.3, -0.25) is 0 Å². The molecule has 0 atom stereocenters. The van der Waals surface area contributed by atoms with Gasteiger partial charge in [-0.1, -0.05) is 188 Å². The summed E-state index contributed by atoms with van der Waals surface area (Å²) in [6.45, 7) is 0. The van der Waals surface area contributed by atoms with Crippen LogP contribution >= 0.6 is 0 Å². The van der Waals surface area contributed by atoms with Crippen molar-refractivity contribution in [2.24, 2.45) is 0 Å². The second-order valence-corrected chi connectivity index (χ2v) is 15.3. The topological polar surface area (TPSA) is 8.17 Å². The third-order valence-electron chi connectivity index (χ3n) is 11.8. The van der Waals surface area contributed by atoms with Crippen LogP contribution in [0.4, 0.5) is 17.1 Å². The Morgan fingerprint density at radius 1 is 0.250 bits per heavy atom. The predicted octanol–water partition coefficient (Wildman–Crippen LogP) is 16.1. The Hall–Kier alpha value is -7.94. The molecule has 0 aliphatic heterocycles. The van der Waals surface area contributed by atoms with Gasteiger partial charge in [0.25, 0.3) is 0 Å². The average Bonchev–Trinajstić information content (AvgIpc) is 3.67. The molecule has 0 spiro atoms. The van der Waals surface area contributed by atoms with E-state index in [1.807, 2.05) is 0 Å². The maximum Gasteiger partial charge on any atom is 0.0541 e. The van der Waals surface area contributed by atoms with Crippen molar-refractivity contribution in [3.05, 3.63) is 243 Å². The standard InChI is InChI=1S/C58H40N2/c1-3-16-41(17-4-1)42-30-34-46(35-31-42)59(48-21-15-20-45(40-48)50-39-38-49(43-18-5-2-6-19-43)52-23-7-8-24-53(50)52)47-36-32-44(33-37-47)51-22-9-12-27-56(51)60-57-28-13-10-25-54(57)55-26-11-14-29-58(55)60/h1-40H. The van der Waals surface area contributed by atoms with E-state index < -0.39 is 0 Å². The van der Waals surface area contributed by atoms with Crippen molar-refractivity contribution in [3.63, 3.8) is 0 Å². The minimum absolute atomic E-state index is 1.09. The van der Waals surface area contributed by atoms with Gasteiger partial charge >= 0.3 is 0 Å². The van der Waals surface area contributed by atoms with E-state index in [-0.39, 0.29) is 0 Å². The van der Waals surface area contributed by atoms with Crippen LogP contribution in [0.5, 0.6) is 0 Å². The van der Waals surface area contributed by atoms with Crippen LogP contribution in [0.15, 0.2) is 243 Å². The lowest BCUT2D eigenvalue weighted by atomic mass is 9.92. The molecule has 0 aliphatic rings. The summed E-state index contributed by atoms with van der Waals surface area (Å²) in [5, 5.41) is 5.00. The van der Waals surface area contributed by atoms with Gasteiger partial charge in [0, 0.05) is 33.4 Å². The number of rotatable bonds is 8. The van der Waals surface area contributed by atoms with Gasteiger partial charge in [0.2, 0.25) is 0 Å². The molecule has 2 nitrogen and oxygen atoms in total. The van der Waals surface area contributed by atoms with Gasteiger partial charge in [0.1, 0.15) is 0 Å². The third-order valence-corrected chi connectivity index (χ3v) is 11.8. The van der Waals surface area contributed by atoms with Crippen LogP contribution in [-0.2, 0) is 0 Å². The van der Waals surface area contributed by atoms with Crippen LogP contribution in [0.2, 0.25) is 0 Å². The fourth-order valence-electron chi connectivity index (χ4n) is 9.00. The van der Waals surface area contributed by atoms with Gasteiger partial charge < -0.3 is 9.47 Å². The van der Waals surface area contributed by atoms with Crippen LogP contribution < -0.4 is 4.90 Å². The average molecular weight is 765 g/mol. The first-order valence-corrected chi connectivity index (χ1v) is 20.6. The molecule has 11 rings (SSSR count). The highest BCUT2D eigenvalue weighted by molar-refractivity contribution is 6.10. The summed E-state index contributed by atoms with van der Waals surface area (Å²) in [5.41, 5.74) is 16.4. The Morgan fingerprint density at radius 2 is 0.683 bits per heavy atom. The largest absolute Gasteiger partial charge is 0.310 e. The molecule has 0 aliphatic carbocycles. The Labute approximate surface area is 350 Å². The molecule has 0 fully saturated rings. The fourth-order valence-corrected chi connectivity index (χ4v) is 9.00. The smallest absolute Gasteiger partial charge is 0.0541 e. The van der Waals surface area contributed by atoms with Crippen molar-refractivity contribution in [2.75, 3.05) is 4.90 Å². The molecule has 0 radical (unpaired) electrons. The zero-order chi connectivity index (χ0) is 39.8. The molecule has 282 valence electrons. The molecule has 1 aromatic heterocycles. The zero-order valence-electron chi connectivity index (χ0n) is 33.0. The zero-order valence-corrected chi connectivity index (χ0v) is 33.0. The summed E-state index contributed by atoms with van der Waals surface area (Å²) in [7, 11) is 0. The Kier molecular flexibility index (Phi) is 8.87. The molecule has 0 saturated heterocycles. The molecule has 2 heteroatoms. The molecule has 10 aromatic carbocycles. The van der Waals surface area contributed by atoms with Crippen LogP contribution in [-0.4, -0.2) is 4.57 Å². The SMILES string of the molecule is c1ccc(-c2ccc(N(c3ccc(-c4ccccc4-n4c5ccccc5c5ccccc54)cc3)c3cccc(-c4ccc(-c5ccccc5)c5ccccc45)c3)cc2)cc1. The summed E-state index contributed by atoms with van der Waals surface area (Å²) in [6.07, 6.45) is 0. The third kappa shape index (κ3) is 6.23. The summed E-state index contributed by atoms with van der Waals surface area (Å²) >= 11 is 0. The van der Waals surface area contributed by atoms with E-state index in [4.69, 9.17) is 0 Å². The number of hydrogen-bond acceptors (Lipinski definition) is 1. The highest BCUT2D eigenvalue weighted by Gasteiger charge is 2.18. The summed E-state index contributed by atoms with van der Waals surface area (Å²) in [4.78, 5) is 2.38. The first-order valence-electron chi connectivity index (χ1n) is 20.6. The monoisotopic (exact) mass is 764 g/mol. The van der Waals surface area contributed by atoms with Crippen molar-refractivity contribution in [1.82, 2.24) is 4.57 Å². The van der Waals surface area contributed by atoms with Crippen LogP contribution in [0, 0.1) is 0 Å². The summed E-state index contributed by atoms with van der Waals surface area (Å²) in [6, 6.07) is 87.8. The van der Waals surface area contributed by atoms with Gasteiger partial charge in [0.15, 0.2) is 0 Å². The molecular weight excluding hydrogens is 725 g/mol. The highest BCUT2D eigenvalue weighted by Crippen LogP contribution is 2.42. The minimum Gasteiger partial charge on any atom is -0.310 e. The molecule has 0 amide bonds. The quantitative estimate of drug-likeness (QED) is 0.150. The summed E-state index contributed by atoms with van der Waals surface area (Å²) < 4.78 is 2.41. The van der Waals surface area contributed by atoms with E-state index in [0.29, 0.717) is 0 Å². The van der Waals surface area contributed by atoms with Crippen molar-refractivity contribution >= 4 is 49.6 Å². The number of benzene rings is 10. The molecule has 0 N–H and O–H groups in total. The van der Waals surface area contributed by atoms with Gasteiger partial charge in [-0.2, -0.15) is 0 Å². The van der Waals surface area contributed by atoms with Gasteiger partial charge in [-0.25, -0.2) is 0 Å². The molecule has 0 bridgehead atoms. The first kappa shape index (κ1) is 35.2. The second kappa shape index (κ2) is 15.1. The van der Waals surface area contributed by atoms with Crippen LogP contribution in [0.3, 0.4) is 0 Å². The van der Waals surface area contributed by atoms with Crippen molar-refractivity contribution < 1.29 is 0 Å².